The minimum atomic E-state index is -4.34. The molecule has 2 N–H and O–H groups in total. The van der Waals surface area contributed by atoms with Crippen molar-refractivity contribution < 1.29 is 25.9 Å². The third-order valence-electron chi connectivity index (χ3n) is 4.94. The predicted octanol–water partition coefficient (Wildman–Crippen LogP) is 3.80. The van der Waals surface area contributed by atoms with Crippen molar-refractivity contribution in [3.63, 3.8) is 0 Å². The highest BCUT2D eigenvalue weighted by Crippen LogP contribution is 2.27. The van der Waals surface area contributed by atoms with Gasteiger partial charge in [-0.3, -0.25) is 9.11 Å². The predicted molar refractivity (Wildman–Crippen MR) is 118 cm³/mol. The summed E-state index contributed by atoms with van der Waals surface area (Å²) >= 11 is 0. The summed E-state index contributed by atoms with van der Waals surface area (Å²) in [6.07, 6.45) is 0.310. The highest BCUT2D eigenvalue weighted by Gasteiger charge is 2.17. The summed E-state index contributed by atoms with van der Waals surface area (Å²) in [4.78, 5) is 1.79. The lowest BCUT2D eigenvalue weighted by Crippen LogP contribution is -2.23. The molecule has 164 valence electrons. The van der Waals surface area contributed by atoms with E-state index in [1.54, 1.807) is 30.3 Å². The van der Waals surface area contributed by atoms with Crippen LogP contribution in [0.25, 0.3) is 0 Å². The zero-order valence-electron chi connectivity index (χ0n) is 16.8. The van der Waals surface area contributed by atoms with Gasteiger partial charge in [0, 0.05) is 25.2 Å². The molecule has 31 heavy (non-hydrogen) atoms. The Morgan fingerprint density at radius 2 is 1.32 bits per heavy atom. The molecule has 0 radical (unpaired) electrons. The molecular weight excluding hydrogens is 438 g/mol. The number of rotatable bonds is 8. The van der Waals surface area contributed by atoms with Crippen LogP contribution >= 0.6 is 0 Å². The Morgan fingerprint density at radius 1 is 0.742 bits per heavy atom. The second-order valence-corrected chi connectivity index (χ2v) is 9.83. The fourth-order valence-electron chi connectivity index (χ4n) is 3.43. The molecular formula is C22H23NO6S2. The van der Waals surface area contributed by atoms with Crippen LogP contribution in [0.15, 0.2) is 82.6 Å². The Balaban J connectivity index is 1.92. The van der Waals surface area contributed by atoms with Crippen LogP contribution in [0.1, 0.15) is 23.6 Å². The SMILES string of the molecule is CCN(Cc1ccc(S(=O)(=O)O)cc1)c1ccccc1Cc1ccccc1S(=O)(=O)O. The minimum absolute atomic E-state index is 0.117. The van der Waals surface area contributed by atoms with Crippen molar-refractivity contribution in [2.24, 2.45) is 0 Å². The maximum Gasteiger partial charge on any atom is 0.294 e. The topological polar surface area (TPSA) is 112 Å². The lowest BCUT2D eigenvalue weighted by molar-refractivity contribution is 0.480. The summed E-state index contributed by atoms with van der Waals surface area (Å²) in [5.74, 6) is 0. The Labute approximate surface area is 182 Å². The first-order valence-corrected chi connectivity index (χ1v) is 12.4. The van der Waals surface area contributed by atoms with E-state index in [1.807, 2.05) is 31.2 Å². The van der Waals surface area contributed by atoms with E-state index in [-0.39, 0.29) is 9.79 Å². The largest absolute Gasteiger partial charge is 0.367 e. The molecule has 3 aromatic carbocycles. The molecule has 0 saturated carbocycles. The molecule has 3 rings (SSSR count). The van der Waals surface area contributed by atoms with Gasteiger partial charge in [0.25, 0.3) is 20.2 Å². The molecule has 0 bridgehead atoms. The summed E-state index contributed by atoms with van der Waals surface area (Å²) in [6, 6.07) is 19.9. The van der Waals surface area contributed by atoms with Gasteiger partial charge in [-0.25, -0.2) is 0 Å². The average Bonchev–Trinajstić information content (AvgIpc) is 2.72. The van der Waals surface area contributed by atoms with Gasteiger partial charge in [-0.05, 0) is 47.9 Å². The van der Waals surface area contributed by atoms with Crippen molar-refractivity contribution in [1.29, 1.82) is 0 Å². The van der Waals surface area contributed by atoms with E-state index in [4.69, 9.17) is 4.55 Å². The number of hydrogen-bond donors (Lipinski definition) is 2. The number of benzene rings is 3. The fraction of sp³-hybridized carbons (Fsp3) is 0.182. The van der Waals surface area contributed by atoms with E-state index in [2.05, 4.69) is 4.90 Å². The molecule has 0 amide bonds. The molecule has 0 aromatic heterocycles. The van der Waals surface area contributed by atoms with Crippen LogP contribution in [0.3, 0.4) is 0 Å². The van der Waals surface area contributed by atoms with Gasteiger partial charge in [0.1, 0.15) is 0 Å². The molecule has 0 aliphatic heterocycles. The molecule has 9 heteroatoms. The summed E-state index contributed by atoms with van der Waals surface area (Å²) in [6.45, 7) is 3.12. The van der Waals surface area contributed by atoms with Crippen LogP contribution in [-0.4, -0.2) is 32.5 Å². The van der Waals surface area contributed by atoms with Crippen molar-refractivity contribution in [1.82, 2.24) is 0 Å². The number of anilines is 1. The fourth-order valence-corrected chi connectivity index (χ4v) is 4.63. The van der Waals surface area contributed by atoms with Gasteiger partial charge >= 0.3 is 0 Å². The van der Waals surface area contributed by atoms with E-state index < -0.39 is 20.2 Å². The molecule has 0 atom stereocenters. The highest BCUT2D eigenvalue weighted by molar-refractivity contribution is 7.86. The molecule has 7 nitrogen and oxygen atoms in total. The average molecular weight is 462 g/mol. The Morgan fingerprint density at radius 3 is 1.90 bits per heavy atom. The van der Waals surface area contributed by atoms with Gasteiger partial charge < -0.3 is 4.90 Å². The maximum atomic E-state index is 11.7. The Hall–Kier alpha value is -2.72. The monoisotopic (exact) mass is 461 g/mol. The highest BCUT2D eigenvalue weighted by atomic mass is 32.2. The van der Waals surface area contributed by atoms with Crippen molar-refractivity contribution in [3.8, 4) is 0 Å². The van der Waals surface area contributed by atoms with Crippen LogP contribution in [-0.2, 0) is 33.2 Å². The second-order valence-electron chi connectivity index (χ2n) is 7.02. The van der Waals surface area contributed by atoms with Crippen LogP contribution in [0, 0.1) is 0 Å². The molecule has 0 saturated heterocycles. The lowest BCUT2D eigenvalue weighted by atomic mass is 10.0. The summed E-state index contributed by atoms with van der Waals surface area (Å²) in [5, 5.41) is 0. The lowest BCUT2D eigenvalue weighted by Gasteiger charge is -2.26. The minimum Gasteiger partial charge on any atom is -0.367 e. The summed E-state index contributed by atoms with van der Waals surface area (Å²) in [5.41, 5.74) is 3.12. The number of nitrogens with zero attached hydrogens (tertiary/aromatic N) is 1. The summed E-state index contributed by atoms with van der Waals surface area (Å²) < 4.78 is 64.7. The Bertz CT molecular complexity index is 1270. The molecule has 0 aliphatic rings. The van der Waals surface area contributed by atoms with Gasteiger partial charge in [0.05, 0.1) is 9.79 Å². The van der Waals surface area contributed by atoms with E-state index in [1.165, 1.54) is 18.2 Å². The third kappa shape index (κ3) is 5.71. The van der Waals surface area contributed by atoms with Gasteiger partial charge in [-0.15, -0.1) is 0 Å². The standard InChI is InChI=1S/C22H23NO6S2/c1-2-23(16-17-11-13-20(14-12-17)30(24,25)26)21-9-5-3-7-18(21)15-19-8-4-6-10-22(19)31(27,28)29/h3-14H,2,15-16H2,1H3,(H,24,25,26)(H,27,28,29). The van der Waals surface area contributed by atoms with Crippen LogP contribution in [0.4, 0.5) is 5.69 Å². The smallest absolute Gasteiger partial charge is 0.294 e. The molecule has 0 aliphatic carbocycles. The zero-order chi connectivity index (χ0) is 22.6. The van der Waals surface area contributed by atoms with Crippen molar-refractivity contribution in [2.45, 2.75) is 29.7 Å². The zero-order valence-corrected chi connectivity index (χ0v) is 18.5. The maximum absolute atomic E-state index is 11.7. The van der Waals surface area contributed by atoms with Gasteiger partial charge in [-0.1, -0.05) is 48.5 Å². The normalized spacial score (nSPS) is 12.0. The molecule has 0 fully saturated rings. The molecule has 0 heterocycles. The van der Waals surface area contributed by atoms with E-state index in [0.717, 1.165) is 16.8 Å². The quantitative estimate of drug-likeness (QED) is 0.491. The van der Waals surface area contributed by atoms with Crippen LogP contribution in [0.2, 0.25) is 0 Å². The van der Waals surface area contributed by atoms with E-state index in [9.17, 15) is 21.4 Å². The van der Waals surface area contributed by atoms with Crippen molar-refractivity contribution >= 4 is 25.9 Å². The molecule has 0 spiro atoms. The first kappa shape index (κ1) is 23.0. The van der Waals surface area contributed by atoms with Gasteiger partial charge in [0.15, 0.2) is 0 Å². The molecule has 3 aromatic rings. The van der Waals surface area contributed by atoms with Gasteiger partial charge in [-0.2, -0.15) is 16.8 Å². The van der Waals surface area contributed by atoms with Crippen molar-refractivity contribution in [2.75, 3.05) is 11.4 Å². The second kappa shape index (κ2) is 9.19. The summed E-state index contributed by atoms with van der Waals surface area (Å²) in [7, 11) is -8.59. The van der Waals surface area contributed by atoms with Gasteiger partial charge in [0.2, 0.25) is 0 Å². The first-order chi connectivity index (χ1) is 14.6. The van der Waals surface area contributed by atoms with Crippen LogP contribution in [0.5, 0.6) is 0 Å². The first-order valence-electron chi connectivity index (χ1n) is 9.54. The Kier molecular flexibility index (Phi) is 6.80. The number of hydrogen-bond acceptors (Lipinski definition) is 5. The number of para-hydroxylation sites is 1. The van der Waals surface area contributed by atoms with Crippen molar-refractivity contribution in [3.05, 3.63) is 89.5 Å². The van der Waals surface area contributed by atoms with Crippen LogP contribution < -0.4 is 4.90 Å². The van der Waals surface area contributed by atoms with E-state index in [0.29, 0.717) is 25.1 Å². The third-order valence-corrected chi connectivity index (χ3v) is 6.76. The van der Waals surface area contributed by atoms with E-state index >= 15 is 0 Å². The molecule has 0 unspecified atom stereocenters.